The summed E-state index contributed by atoms with van der Waals surface area (Å²) in [5, 5.41) is 13.8. The Morgan fingerprint density at radius 1 is 1.57 bits per heavy atom. The molecule has 1 aliphatic heterocycles. The van der Waals surface area contributed by atoms with Gasteiger partial charge < -0.3 is 9.84 Å². The van der Waals surface area contributed by atoms with Gasteiger partial charge in [0, 0.05) is 11.5 Å². The number of aromatic nitrogens is 2. The summed E-state index contributed by atoms with van der Waals surface area (Å²) >= 11 is 0. The number of rotatable bonds is 0. The molecule has 0 saturated carbocycles. The maximum absolute atomic E-state index is 9.38. The smallest absolute Gasteiger partial charge is 0.212 e. The van der Waals surface area contributed by atoms with Gasteiger partial charge in [-0.05, 0) is 0 Å². The minimum atomic E-state index is -0.435. The third-order valence-corrected chi connectivity index (χ3v) is 2.32. The summed E-state index contributed by atoms with van der Waals surface area (Å²) in [5.41, 5.74) is 1.03. The average Bonchev–Trinajstić information content (AvgIpc) is 2.45. The van der Waals surface area contributed by atoms with Gasteiger partial charge in [0.15, 0.2) is 0 Å². The Labute approximate surface area is 83.5 Å². The van der Waals surface area contributed by atoms with Crippen LogP contribution < -0.4 is 4.74 Å². The number of fused-ring (bicyclic) bond motifs is 1. The van der Waals surface area contributed by atoms with E-state index in [-0.39, 0.29) is 5.41 Å². The van der Waals surface area contributed by atoms with Gasteiger partial charge in [0.1, 0.15) is 12.7 Å². The second-order valence-electron chi connectivity index (χ2n) is 4.76. The lowest BCUT2D eigenvalue weighted by atomic mass is 9.93. The maximum atomic E-state index is 9.38. The number of hydrogen-bond donors (Lipinski definition) is 1. The fourth-order valence-corrected chi connectivity index (χ4v) is 1.45. The zero-order valence-electron chi connectivity index (χ0n) is 8.82. The van der Waals surface area contributed by atoms with Crippen molar-refractivity contribution in [3.05, 3.63) is 11.8 Å². The number of hydrogen-bond acceptors (Lipinski definition) is 3. The molecular formula is C10H16N2O2. The Hall–Kier alpha value is -1.03. The largest absolute Gasteiger partial charge is 0.475 e. The molecule has 0 spiro atoms. The van der Waals surface area contributed by atoms with Crippen molar-refractivity contribution in [3.8, 4) is 5.88 Å². The number of ether oxygens (including phenoxy) is 1. The van der Waals surface area contributed by atoms with E-state index in [0.717, 1.165) is 11.6 Å². The van der Waals surface area contributed by atoms with E-state index in [4.69, 9.17) is 4.74 Å². The van der Waals surface area contributed by atoms with Crippen molar-refractivity contribution < 1.29 is 9.84 Å². The Kier molecular flexibility index (Phi) is 2.03. The monoisotopic (exact) mass is 196 g/mol. The molecule has 0 radical (unpaired) electrons. The number of aliphatic hydroxyl groups is 1. The van der Waals surface area contributed by atoms with E-state index in [1.165, 1.54) is 0 Å². The van der Waals surface area contributed by atoms with Gasteiger partial charge in [-0.2, -0.15) is 5.10 Å². The van der Waals surface area contributed by atoms with E-state index >= 15 is 0 Å². The molecule has 1 N–H and O–H groups in total. The number of nitrogens with zero attached hydrogens (tertiary/aromatic N) is 2. The normalized spacial score (nSPS) is 21.6. The van der Waals surface area contributed by atoms with Crippen LogP contribution in [-0.2, 0) is 12.0 Å². The zero-order chi connectivity index (χ0) is 10.3. The van der Waals surface area contributed by atoms with E-state index in [1.54, 1.807) is 4.68 Å². The maximum Gasteiger partial charge on any atom is 0.212 e. The average molecular weight is 196 g/mol. The predicted octanol–water partition coefficient (Wildman–Crippen LogP) is 0.934. The Morgan fingerprint density at radius 3 is 2.93 bits per heavy atom. The van der Waals surface area contributed by atoms with Gasteiger partial charge in [-0.3, -0.25) is 0 Å². The summed E-state index contributed by atoms with van der Waals surface area (Å²) in [6.07, 6.45) is -0.435. The third kappa shape index (κ3) is 1.62. The molecule has 0 bridgehead atoms. The van der Waals surface area contributed by atoms with E-state index in [0.29, 0.717) is 13.2 Å². The summed E-state index contributed by atoms with van der Waals surface area (Å²) < 4.78 is 7.09. The highest BCUT2D eigenvalue weighted by atomic mass is 16.5. The van der Waals surface area contributed by atoms with E-state index in [2.05, 4.69) is 25.9 Å². The Morgan fingerprint density at radius 2 is 2.29 bits per heavy atom. The van der Waals surface area contributed by atoms with Gasteiger partial charge in [0.05, 0.1) is 12.2 Å². The Balaban J connectivity index is 2.32. The lowest BCUT2D eigenvalue weighted by Crippen LogP contribution is -2.30. The van der Waals surface area contributed by atoms with Gasteiger partial charge in [0.2, 0.25) is 5.88 Å². The fraction of sp³-hybridized carbons (Fsp3) is 0.700. The van der Waals surface area contributed by atoms with Crippen LogP contribution in [0, 0.1) is 0 Å². The molecule has 0 saturated heterocycles. The Bertz CT molecular complexity index is 338. The molecule has 2 heterocycles. The van der Waals surface area contributed by atoms with Crippen molar-refractivity contribution >= 4 is 0 Å². The highest BCUT2D eigenvalue weighted by Gasteiger charge is 2.24. The van der Waals surface area contributed by atoms with Gasteiger partial charge in [-0.1, -0.05) is 20.8 Å². The minimum Gasteiger partial charge on any atom is -0.475 e. The molecule has 1 aromatic rings. The van der Waals surface area contributed by atoms with Crippen LogP contribution in [0.5, 0.6) is 5.88 Å². The van der Waals surface area contributed by atoms with Crippen LogP contribution in [0.1, 0.15) is 26.5 Å². The SMILES string of the molecule is CC(C)(C)c1cc2n(n1)CC(O)CO2. The molecule has 1 aromatic heterocycles. The van der Waals surface area contributed by atoms with Crippen LogP contribution >= 0.6 is 0 Å². The highest BCUT2D eigenvalue weighted by molar-refractivity contribution is 5.22. The molecule has 14 heavy (non-hydrogen) atoms. The first-order chi connectivity index (χ1) is 6.47. The van der Waals surface area contributed by atoms with E-state index in [9.17, 15) is 5.11 Å². The third-order valence-electron chi connectivity index (χ3n) is 2.32. The highest BCUT2D eigenvalue weighted by Crippen LogP contribution is 2.26. The van der Waals surface area contributed by atoms with Crippen LogP contribution in [0.3, 0.4) is 0 Å². The standard InChI is InChI=1S/C10H16N2O2/c1-10(2,3)8-4-9-12(11-8)5-7(13)6-14-9/h4,7,13H,5-6H2,1-3H3. The topological polar surface area (TPSA) is 47.3 Å². The first kappa shape index (κ1) is 9.52. The second kappa shape index (κ2) is 2.98. The van der Waals surface area contributed by atoms with Crippen LogP contribution in [0.15, 0.2) is 6.07 Å². The van der Waals surface area contributed by atoms with Crippen LogP contribution in [-0.4, -0.2) is 27.6 Å². The molecular weight excluding hydrogens is 180 g/mol. The van der Waals surface area contributed by atoms with Gasteiger partial charge >= 0.3 is 0 Å². The van der Waals surface area contributed by atoms with Crippen molar-refractivity contribution in [1.29, 1.82) is 0 Å². The molecule has 78 valence electrons. The molecule has 0 fully saturated rings. The molecule has 0 aromatic carbocycles. The van der Waals surface area contributed by atoms with Crippen molar-refractivity contribution in [2.24, 2.45) is 0 Å². The van der Waals surface area contributed by atoms with Crippen molar-refractivity contribution in [3.63, 3.8) is 0 Å². The molecule has 4 heteroatoms. The van der Waals surface area contributed by atoms with Crippen molar-refractivity contribution in [2.45, 2.75) is 38.8 Å². The number of aliphatic hydroxyl groups excluding tert-OH is 1. The molecule has 0 aliphatic carbocycles. The van der Waals surface area contributed by atoms with E-state index in [1.807, 2.05) is 6.07 Å². The first-order valence-electron chi connectivity index (χ1n) is 4.86. The summed E-state index contributed by atoms with van der Waals surface area (Å²) in [6.45, 7) is 7.23. The lowest BCUT2D eigenvalue weighted by Gasteiger charge is -2.19. The second-order valence-corrected chi connectivity index (χ2v) is 4.76. The fourth-order valence-electron chi connectivity index (χ4n) is 1.45. The van der Waals surface area contributed by atoms with Crippen LogP contribution in [0.25, 0.3) is 0 Å². The summed E-state index contributed by atoms with van der Waals surface area (Å²) in [7, 11) is 0. The zero-order valence-corrected chi connectivity index (χ0v) is 8.82. The van der Waals surface area contributed by atoms with Gasteiger partial charge in [-0.25, -0.2) is 4.68 Å². The van der Waals surface area contributed by atoms with Crippen LogP contribution in [0.2, 0.25) is 0 Å². The van der Waals surface area contributed by atoms with Gasteiger partial charge in [0.25, 0.3) is 0 Å². The van der Waals surface area contributed by atoms with E-state index < -0.39 is 6.10 Å². The summed E-state index contributed by atoms with van der Waals surface area (Å²) in [4.78, 5) is 0. The van der Waals surface area contributed by atoms with Crippen molar-refractivity contribution in [2.75, 3.05) is 6.61 Å². The quantitative estimate of drug-likeness (QED) is 0.671. The molecule has 1 atom stereocenters. The molecule has 0 amide bonds. The van der Waals surface area contributed by atoms with Crippen molar-refractivity contribution in [1.82, 2.24) is 9.78 Å². The minimum absolute atomic E-state index is 0.0264. The summed E-state index contributed by atoms with van der Waals surface area (Å²) in [5.74, 6) is 0.764. The predicted molar refractivity (Wildman–Crippen MR) is 52.4 cm³/mol. The lowest BCUT2D eigenvalue weighted by molar-refractivity contribution is 0.0556. The molecule has 4 nitrogen and oxygen atoms in total. The van der Waals surface area contributed by atoms with Crippen LogP contribution in [0.4, 0.5) is 0 Å². The molecule has 2 rings (SSSR count). The van der Waals surface area contributed by atoms with Gasteiger partial charge in [-0.15, -0.1) is 0 Å². The summed E-state index contributed by atoms with van der Waals surface area (Å²) in [6, 6.07) is 1.95. The first-order valence-corrected chi connectivity index (χ1v) is 4.86. The molecule has 1 aliphatic rings. The molecule has 1 unspecified atom stereocenters.